The highest BCUT2D eigenvalue weighted by molar-refractivity contribution is 6.30. The van der Waals surface area contributed by atoms with Crippen LogP contribution < -0.4 is 10.6 Å². The van der Waals surface area contributed by atoms with Gasteiger partial charge < -0.3 is 10.6 Å². The van der Waals surface area contributed by atoms with Gasteiger partial charge in [-0.15, -0.1) is 0 Å². The second kappa shape index (κ2) is 7.23. The fourth-order valence-electron chi connectivity index (χ4n) is 3.66. The Balaban J connectivity index is 1.65. The number of halogens is 2. The molecule has 1 saturated carbocycles. The zero-order chi connectivity index (χ0) is 18.9. The molecule has 26 heavy (non-hydrogen) atoms. The van der Waals surface area contributed by atoms with Gasteiger partial charge in [0.25, 0.3) is 5.91 Å². The number of hydrogen-bond donors (Lipinski definition) is 2. The summed E-state index contributed by atoms with van der Waals surface area (Å²) < 4.78 is 13.8. The van der Waals surface area contributed by atoms with Gasteiger partial charge in [-0.2, -0.15) is 0 Å². The van der Waals surface area contributed by atoms with Gasteiger partial charge in [-0.3, -0.25) is 14.5 Å². The topological polar surface area (TPSA) is 78.5 Å². The number of anilines is 1. The summed E-state index contributed by atoms with van der Waals surface area (Å²) in [4.78, 5) is 38.1. The van der Waals surface area contributed by atoms with Crippen LogP contribution in [0.5, 0.6) is 0 Å². The molecule has 1 aromatic carbocycles. The molecule has 6 nitrogen and oxygen atoms in total. The molecule has 2 fully saturated rings. The average molecular weight is 382 g/mol. The zero-order valence-corrected chi connectivity index (χ0v) is 15.2. The number of urea groups is 1. The molecule has 8 heteroatoms. The van der Waals surface area contributed by atoms with E-state index in [2.05, 4.69) is 17.6 Å². The third kappa shape index (κ3) is 3.53. The van der Waals surface area contributed by atoms with Crippen molar-refractivity contribution < 1.29 is 18.8 Å². The number of nitrogens with zero attached hydrogens (tertiary/aromatic N) is 1. The summed E-state index contributed by atoms with van der Waals surface area (Å²) >= 11 is 5.67. The van der Waals surface area contributed by atoms with E-state index in [9.17, 15) is 18.8 Å². The number of carbonyl (C=O) groups excluding carboxylic acids is 3. The average Bonchev–Trinajstić information content (AvgIpc) is 2.82. The van der Waals surface area contributed by atoms with Crippen LogP contribution in [-0.4, -0.2) is 34.8 Å². The molecular weight excluding hydrogens is 361 g/mol. The van der Waals surface area contributed by atoms with E-state index in [-0.39, 0.29) is 16.6 Å². The molecule has 1 spiro atoms. The lowest BCUT2D eigenvalue weighted by Gasteiger charge is -2.34. The van der Waals surface area contributed by atoms with Crippen LogP contribution in [0.4, 0.5) is 14.9 Å². The summed E-state index contributed by atoms with van der Waals surface area (Å²) in [6, 6.07) is 3.27. The Morgan fingerprint density at radius 2 is 2.08 bits per heavy atom. The van der Waals surface area contributed by atoms with Gasteiger partial charge in [0.05, 0.1) is 5.69 Å². The van der Waals surface area contributed by atoms with Crippen molar-refractivity contribution in [1.29, 1.82) is 0 Å². The Hall–Kier alpha value is -2.15. The van der Waals surface area contributed by atoms with Crippen molar-refractivity contribution in [2.24, 2.45) is 5.92 Å². The van der Waals surface area contributed by atoms with Crippen molar-refractivity contribution in [3.8, 4) is 0 Å². The molecule has 140 valence electrons. The van der Waals surface area contributed by atoms with Crippen molar-refractivity contribution >= 4 is 35.1 Å². The van der Waals surface area contributed by atoms with E-state index in [0.29, 0.717) is 18.8 Å². The molecule has 0 atom stereocenters. The lowest BCUT2D eigenvalue weighted by atomic mass is 9.75. The Morgan fingerprint density at radius 1 is 1.38 bits per heavy atom. The summed E-state index contributed by atoms with van der Waals surface area (Å²) in [5.41, 5.74) is -0.946. The predicted octanol–water partition coefficient (Wildman–Crippen LogP) is 3.31. The number of amides is 4. The minimum atomic E-state index is -0.894. The lowest BCUT2D eigenvalue weighted by molar-refractivity contribution is -0.135. The first-order valence-corrected chi connectivity index (χ1v) is 9.11. The normalized spacial score (nSPS) is 25.5. The number of rotatable bonds is 4. The first-order chi connectivity index (χ1) is 12.3. The minimum absolute atomic E-state index is 0.0513. The third-order valence-corrected chi connectivity index (χ3v) is 5.52. The number of benzene rings is 1. The Morgan fingerprint density at radius 3 is 2.69 bits per heavy atom. The third-order valence-electron chi connectivity index (χ3n) is 5.29. The Bertz CT molecular complexity index is 747. The highest BCUT2D eigenvalue weighted by Crippen LogP contribution is 2.37. The van der Waals surface area contributed by atoms with Crippen molar-refractivity contribution in [3.63, 3.8) is 0 Å². The van der Waals surface area contributed by atoms with Crippen LogP contribution in [0, 0.1) is 11.7 Å². The molecule has 1 aliphatic heterocycles. The molecule has 0 bridgehead atoms. The monoisotopic (exact) mass is 381 g/mol. The molecule has 1 saturated heterocycles. The summed E-state index contributed by atoms with van der Waals surface area (Å²) in [6.07, 6.45) is 3.97. The Kier molecular flexibility index (Phi) is 5.18. The zero-order valence-electron chi connectivity index (χ0n) is 14.5. The Labute approximate surface area is 156 Å². The van der Waals surface area contributed by atoms with Crippen molar-refractivity contribution in [2.45, 2.75) is 44.6 Å². The highest BCUT2D eigenvalue weighted by atomic mass is 35.5. The van der Waals surface area contributed by atoms with Crippen molar-refractivity contribution in [3.05, 3.63) is 29.0 Å². The maximum absolute atomic E-state index is 13.8. The molecule has 4 amide bonds. The molecule has 0 radical (unpaired) electrons. The van der Waals surface area contributed by atoms with Gasteiger partial charge in [-0.1, -0.05) is 24.9 Å². The van der Waals surface area contributed by atoms with Crippen LogP contribution in [0.3, 0.4) is 0 Å². The lowest BCUT2D eigenvalue weighted by Crippen LogP contribution is -2.49. The SMILES string of the molecule is CCC1CCC2(CC1)NC(=O)N(CC(=O)Nc1ccc(Cl)cc1F)C2=O. The molecule has 0 unspecified atom stereocenters. The van der Waals surface area contributed by atoms with Gasteiger partial charge in [-0.25, -0.2) is 9.18 Å². The van der Waals surface area contributed by atoms with E-state index in [1.165, 1.54) is 12.1 Å². The van der Waals surface area contributed by atoms with Gasteiger partial charge >= 0.3 is 6.03 Å². The van der Waals surface area contributed by atoms with Crippen LogP contribution in [0.1, 0.15) is 39.0 Å². The molecule has 2 N–H and O–H groups in total. The smallest absolute Gasteiger partial charge is 0.323 e. The van der Waals surface area contributed by atoms with Gasteiger partial charge in [0, 0.05) is 5.02 Å². The van der Waals surface area contributed by atoms with Crippen molar-refractivity contribution in [2.75, 3.05) is 11.9 Å². The van der Waals surface area contributed by atoms with Crippen LogP contribution in [0.2, 0.25) is 5.02 Å². The summed E-state index contributed by atoms with van der Waals surface area (Å²) in [6.45, 7) is 1.66. The van der Waals surface area contributed by atoms with E-state index in [0.717, 1.165) is 30.2 Å². The van der Waals surface area contributed by atoms with E-state index in [4.69, 9.17) is 11.6 Å². The highest BCUT2D eigenvalue weighted by Gasteiger charge is 2.52. The molecule has 1 aromatic rings. The largest absolute Gasteiger partial charge is 0.325 e. The quantitative estimate of drug-likeness (QED) is 0.785. The molecule has 1 heterocycles. The number of hydrogen-bond acceptors (Lipinski definition) is 3. The molecular formula is C18H21ClFN3O3. The second-order valence-corrected chi connectivity index (χ2v) is 7.36. The molecule has 1 aliphatic carbocycles. The number of nitrogens with one attached hydrogen (secondary N) is 2. The first-order valence-electron chi connectivity index (χ1n) is 8.73. The molecule has 0 aromatic heterocycles. The number of carbonyl (C=O) groups is 3. The van der Waals surface area contributed by atoms with Crippen LogP contribution in [0.25, 0.3) is 0 Å². The summed E-state index contributed by atoms with van der Waals surface area (Å²) in [5, 5.41) is 5.34. The predicted molar refractivity (Wildman–Crippen MR) is 95.3 cm³/mol. The van der Waals surface area contributed by atoms with Gasteiger partial charge in [0.1, 0.15) is 17.9 Å². The van der Waals surface area contributed by atoms with Crippen LogP contribution >= 0.6 is 11.6 Å². The van der Waals surface area contributed by atoms with E-state index >= 15 is 0 Å². The van der Waals surface area contributed by atoms with Crippen LogP contribution in [0.15, 0.2) is 18.2 Å². The van der Waals surface area contributed by atoms with Gasteiger partial charge in [0.2, 0.25) is 5.91 Å². The van der Waals surface area contributed by atoms with Crippen LogP contribution in [-0.2, 0) is 9.59 Å². The number of imide groups is 1. The van der Waals surface area contributed by atoms with Gasteiger partial charge in [0.15, 0.2) is 0 Å². The standard InChI is InChI=1S/C18H21ClFN3O3/c1-2-11-5-7-18(8-6-11)16(25)23(17(26)22-18)10-15(24)21-14-4-3-12(19)9-13(14)20/h3-4,9,11H,2,5-8,10H2,1H3,(H,21,24)(H,22,26). The van der Waals surface area contributed by atoms with Gasteiger partial charge in [-0.05, 0) is 49.8 Å². The fourth-order valence-corrected chi connectivity index (χ4v) is 3.82. The maximum Gasteiger partial charge on any atom is 0.325 e. The van der Waals surface area contributed by atoms with Crippen molar-refractivity contribution in [1.82, 2.24) is 10.2 Å². The first kappa shape index (κ1) is 18.6. The minimum Gasteiger partial charge on any atom is -0.323 e. The summed E-state index contributed by atoms with van der Waals surface area (Å²) in [7, 11) is 0. The fraction of sp³-hybridized carbons (Fsp3) is 0.500. The van der Waals surface area contributed by atoms with E-state index in [1.54, 1.807) is 0 Å². The second-order valence-electron chi connectivity index (χ2n) is 6.93. The molecule has 3 rings (SSSR count). The maximum atomic E-state index is 13.8. The molecule has 2 aliphatic rings. The van der Waals surface area contributed by atoms with E-state index < -0.39 is 29.8 Å². The summed E-state index contributed by atoms with van der Waals surface area (Å²) in [5.74, 6) is -1.13. The van der Waals surface area contributed by atoms with E-state index in [1.807, 2.05) is 0 Å².